The van der Waals surface area contributed by atoms with E-state index in [-0.39, 0.29) is 0 Å². The Balaban J connectivity index is 4.31. The third kappa shape index (κ3) is 5.36. The fourth-order valence-corrected chi connectivity index (χ4v) is 6.12. The molecule has 0 aromatic rings. The van der Waals surface area contributed by atoms with Gasteiger partial charge < -0.3 is 0 Å². The molecule has 0 aliphatic heterocycles. The molecule has 0 aliphatic rings. The fraction of sp³-hybridized carbons (Fsp3) is 1.00. The zero-order valence-corrected chi connectivity index (χ0v) is 11.2. The SMILES string of the molecule is CS(=O)(=O)[CH2][Sn][O]S(=O)(=O)C(F)(F)F. The average Bonchev–Trinajstić information content (AvgIpc) is 1.80. The van der Waals surface area contributed by atoms with Crippen molar-refractivity contribution in [1.82, 2.24) is 0 Å². The van der Waals surface area contributed by atoms with E-state index < -0.39 is 50.8 Å². The summed E-state index contributed by atoms with van der Waals surface area (Å²) in [7, 11) is -9.08. The number of alkyl halides is 3. The van der Waals surface area contributed by atoms with E-state index in [1.54, 1.807) is 0 Å². The maximum absolute atomic E-state index is 11.6. The molecule has 0 bridgehead atoms. The van der Waals surface area contributed by atoms with Gasteiger partial charge in [0.25, 0.3) is 0 Å². The third-order valence-corrected chi connectivity index (χ3v) is 10.7. The summed E-state index contributed by atoms with van der Waals surface area (Å²) in [6.45, 7) is 0. The molecule has 14 heavy (non-hydrogen) atoms. The summed E-state index contributed by atoms with van der Waals surface area (Å²) in [6, 6.07) is 0. The van der Waals surface area contributed by atoms with E-state index in [4.69, 9.17) is 0 Å². The second-order valence-corrected chi connectivity index (χ2v) is 10.6. The Kier molecular flexibility index (Phi) is 4.68. The molecule has 0 saturated heterocycles. The number of halogens is 3. The first-order chi connectivity index (χ1) is 5.96. The summed E-state index contributed by atoms with van der Waals surface area (Å²) in [5.74, 6) is 0. The van der Waals surface area contributed by atoms with Crippen LogP contribution in [0.2, 0.25) is 0 Å². The van der Waals surface area contributed by atoms with Gasteiger partial charge in [-0.2, -0.15) is 0 Å². The Labute approximate surface area is 89.4 Å². The normalized spacial score (nSPS) is 14.3. The van der Waals surface area contributed by atoms with E-state index in [1.165, 1.54) is 0 Å². The van der Waals surface area contributed by atoms with Gasteiger partial charge in [0.1, 0.15) is 0 Å². The van der Waals surface area contributed by atoms with Crippen LogP contribution in [-0.2, 0) is 22.5 Å². The Morgan fingerprint density at radius 3 is 1.93 bits per heavy atom. The van der Waals surface area contributed by atoms with Gasteiger partial charge in [-0.15, -0.1) is 0 Å². The van der Waals surface area contributed by atoms with Crippen LogP contribution in [0.5, 0.6) is 0 Å². The molecule has 5 nitrogen and oxygen atoms in total. The van der Waals surface area contributed by atoms with Crippen LogP contribution in [0, 0.1) is 0 Å². The predicted octanol–water partition coefficient (Wildman–Crippen LogP) is -0.526. The number of hydrogen-bond donors (Lipinski definition) is 0. The van der Waals surface area contributed by atoms with Crippen LogP contribution in [0.1, 0.15) is 0 Å². The molecular weight excluding hydrogens is 356 g/mol. The summed E-state index contributed by atoms with van der Waals surface area (Å²) < 4.78 is 79.2. The Hall–Kier alpha value is 0.449. The predicted molar refractivity (Wildman–Crippen MR) is 41.5 cm³/mol. The second-order valence-electron chi connectivity index (χ2n) is 2.20. The van der Waals surface area contributed by atoms with E-state index in [1.807, 2.05) is 0 Å². The van der Waals surface area contributed by atoms with Gasteiger partial charge in [0, 0.05) is 0 Å². The summed E-state index contributed by atoms with van der Waals surface area (Å²) in [5, 5.41) is 0. The average molecular weight is 361 g/mol. The summed E-state index contributed by atoms with van der Waals surface area (Å²) >= 11 is -2.55. The Morgan fingerprint density at radius 1 is 1.21 bits per heavy atom. The van der Waals surface area contributed by atoms with E-state index in [9.17, 15) is 30.0 Å². The first-order valence-electron chi connectivity index (χ1n) is 2.86. The summed E-state index contributed by atoms with van der Waals surface area (Å²) in [6.07, 6.45) is 0.789. The van der Waals surface area contributed by atoms with E-state index in [0.29, 0.717) is 0 Å². The topological polar surface area (TPSA) is 77.5 Å². The van der Waals surface area contributed by atoms with Gasteiger partial charge in [-0.25, -0.2) is 0 Å². The monoisotopic (exact) mass is 362 g/mol. The van der Waals surface area contributed by atoms with Crippen LogP contribution in [0.3, 0.4) is 0 Å². The van der Waals surface area contributed by atoms with Gasteiger partial charge in [-0.05, 0) is 0 Å². The molecule has 0 rings (SSSR count). The van der Waals surface area contributed by atoms with Crippen molar-refractivity contribution in [2.24, 2.45) is 0 Å². The standard InChI is InChI=1S/C2H5O2S.CHF3O3S.Sn/c1-5(2,3)4;2-1(3,4)8(5,6)7;/h1H2,2H3;(H,5,6,7);/q;;+1/p-1. The molecule has 0 aliphatic carbocycles. The van der Waals surface area contributed by atoms with Crippen molar-refractivity contribution in [1.29, 1.82) is 0 Å². The summed E-state index contributed by atoms with van der Waals surface area (Å²) in [5.41, 5.74) is -5.48. The van der Waals surface area contributed by atoms with Crippen molar-refractivity contribution in [3.05, 3.63) is 0 Å². The van der Waals surface area contributed by atoms with Crippen LogP contribution >= 0.6 is 0 Å². The van der Waals surface area contributed by atoms with E-state index in [0.717, 1.165) is 6.26 Å². The molecule has 0 unspecified atom stereocenters. The zero-order chi connectivity index (χ0) is 11.6. The minimum atomic E-state index is -5.61. The van der Waals surface area contributed by atoms with Gasteiger partial charge in [0.05, 0.1) is 0 Å². The zero-order valence-electron chi connectivity index (χ0n) is 6.70. The molecule has 0 fully saturated rings. The first-order valence-corrected chi connectivity index (χ1v) is 9.51. The molecule has 0 amide bonds. The molecule has 0 aromatic heterocycles. The van der Waals surface area contributed by atoms with Crippen molar-refractivity contribution in [2.45, 2.75) is 5.51 Å². The molecule has 2 radical (unpaired) electrons. The van der Waals surface area contributed by atoms with Crippen molar-refractivity contribution >= 4 is 41.5 Å². The molecule has 0 N–H and O–H groups in total. The number of hydrogen-bond acceptors (Lipinski definition) is 5. The van der Waals surface area contributed by atoms with Gasteiger partial charge >= 0.3 is 89.6 Å². The minimum absolute atomic E-state index is 0.619. The Bertz CT molecular complexity index is 381. The molecule has 0 spiro atoms. The second kappa shape index (κ2) is 4.53. The fourth-order valence-electron chi connectivity index (χ4n) is 0.256. The van der Waals surface area contributed by atoms with E-state index in [2.05, 4.69) is 2.52 Å². The molecular formula is C3H5F3O5S2Sn. The van der Waals surface area contributed by atoms with Crippen LogP contribution in [0.25, 0.3) is 0 Å². The van der Waals surface area contributed by atoms with Crippen molar-refractivity contribution in [3.8, 4) is 0 Å². The molecule has 0 aromatic carbocycles. The van der Waals surface area contributed by atoms with Crippen LogP contribution in [-0.4, -0.2) is 53.9 Å². The molecule has 11 heteroatoms. The van der Waals surface area contributed by atoms with Crippen molar-refractivity contribution in [2.75, 3.05) is 10.0 Å². The van der Waals surface area contributed by atoms with Crippen LogP contribution in [0.4, 0.5) is 13.2 Å². The van der Waals surface area contributed by atoms with Gasteiger partial charge in [0.15, 0.2) is 0 Å². The number of sulfone groups is 1. The molecule has 0 saturated carbocycles. The maximum atomic E-state index is 11.6. The molecule has 84 valence electrons. The summed E-state index contributed by atoms with van der Waals surface area (Å²) in [4.78, 5) is 0. The van der Waals surface area contributed by atoms with Gasteiger partial charge in [-0.1, -0.05) is 0 Å². The van der Waals surface area contributed by atoms with Gasteiger partial charge in [-0.3, -0.25) is 0 Å². The van der Waals surface area contributed by atoms with E-state index >= 15 is 0 Å². The van der Waals surface area contributed by atoms with Crippen molar-refractivity contribution < 1.29 is 32.5 Å². The van der Waals surface area contributed by atoms with Crippen LogP contribution < -0.4 is 0 Å². The van der Waals surface area contributed by atoms with Crippen LogP contribution in [0.15, 0.2) is 0 Å². The van der Waals surface area contributed by atoms with Gasteiger partial charge in [0.2, 0.25) is 0 Å². The quantitative estimate of drug-likeness (QED) is 0.497. The molecule has 0 heterocycles. The Morgan fingerprint density at radius 2 is 1.64 bits per heavy atom. The molecule has 0 atom stereocenters. The third-order valence-electron chi connectivity index (χ3n) is 0.773. The van der Waals surface area contributed by atoms with Crippen molar-refractivity contribution in [3.63, 3.8) is 0 Å². The number of rotatable bonds is 4. The first kappa shape index (κ1) is 14.4.